The number of carboxylic acid groups (broad SMARTS) is 1. The van der Waals surface area contributed by atoms with Crippen molar-refractivity contribution in [2.75, 3.05) is 13.2 Å². The Bertz CT molecular complexity index is 1910. The first kappa shape index (κ1) is 29.6. The van der Waals surface area contributed by atoms with Crippen LogP contribution in [0, 0.1) is 22.9 Å². The predicted molar refractivity (Wildman–Crippen MR) is 156 cm³/mol. The van der Waals surface area contributed by atoms with Crippen molar-refractivity contribution in [3.05, 3.63) is 106 Å². The van der Waals surface area contributed by atoms with E-state index in [1.165, 1.54) is 30.5 Å². The number of hydrogen-bond donors (Lipinski definition) is 1. The summed E-state index contributed by atoms with van der Waals surface area (Å²) in [7, 11) is 0. The zero-order valence-electron chi connectivity index (χ0n) is 23.7. The lowest BCUT2D eigenvalue weighted by atomic mass is 9.87. The van der Waals surface area contributed by atoms with Crippen molar-refractivity contribution in [3.8, 4) is 17.3 Å². The summed E-state index contributed by atoms with van der Waals surface area (Å²) in [4.78, 5) is 24.6. The highest BCUT2D eigenvalue weighted by atomic mass is 35.5. The predicted octanol–water partition coefficient (Wildman–Crippen LogP) is 7.03. The lowest BCUT2D eigenvalue weighted by Gasteiger charge is -2.28. The van der Waals surface area contributed by atoms with Gasteiger partial charge in [0.05, 0.1) is 41.5 Å². The highest BCUT2D eigenvalue weighted by molar-refractivity contribution is 6.30. The molecule has 0 aliphatic carbocycles. The Labute approximate surface area is 255 Å². The van der Waals surface area contributed by atoms with E-state index in [4.69, 9.17) is 26.1 Å². The summed E-state index contributed by atoms with van der Waals surface area (Å²) in [5, 5.41) is 9.81. The van der Waals surface area contributed by atoms with Gasteiger partial charge in [0, 0.05) is 34.2 Å². The van der Waals surface area contributed by atoms with Crippen molar-refractivity contribution < 1.29 is 32.5 Å². The molecule has 0 saturated carbocycles. The van der Waals surface area contributed by atoms with Crippen LogP contribution in [0.1, 0.15) is 47.2 Å². The van der Waals surface area contributed by atoms with Gasteiger partial charge in [-0.1, -0.05) is 31.5 Å². The van der Waals surface area contributed by atoms with Gasteiger partial charge in [-0.05, 0) is 54.1 Å². The minimum Gasteiger partial charge on any atom is -0.478 e. The van der Waals surface area contributed by atoms with Gasteiger partial charge in [-0.2, -0.15) is 4.98 Å². The molecule has 8 nitrogen and oxygen atoms in total. The molecule has 1 saturated heterocycles. The van der Waals surface area contributed by atoms with Crippen LogP contribution < -0.4 is 4.74 Å². The van der Waals surface area contributed by atoms with Crippen LogP contribution in [0.4, 0.5) is 13.2 Å². The molecule has 0 bridgehead atoms. The molecule has 0 amide bonds. The second-order valence-electron chi connectivity index (χ2n) is 11.3. The van der Waals surface area contributed by atoms with Gasteiger partial charge in [0.15, 0.2) is 0 Å². The van der Waals surface area contributed by atoms with E-state index in [1.54, 1.807) is 12.1 Å². The number of carbonyl (C=O) groups is 1. The number of hydrogen-bond acceptors (Lipinski definition) is 6. The van der Waals surface area contributed by atoms with E-state index in [2.05, 4.69) is 9.97 Å². The lowest BCUT2D eigenvalue weighted by Crippen LogP contribution is -2.27. The average molecular weight is 623 g/mol. The first-order valence-corrected chi connectivity index (χ1v) is 14.1. The molecule has 3 heterocycles. The molecule has 2 aromatic heterocycles. The van der Waals surface area contributed by atoms with Gasteiger partial charge < -0.3 is 19.1 Å². The van der Waals surface area contributed by atoms with E-state index in [-0.39, 0.29) is 63.5 Å². The van der Waals surface area contributed by atoms with Crippen LogP contribution in [0.5, 0.6) is 6.01 Å². The number of rotatable bonds is 8. The maximum Gasteiger partial charge on any atom is 0.335 e. The molecule has 12 heteroatoms. The molecule has 1 fully saturated rings. The Balaban J connectivity index is 1.31. The van der Waals surface area contributed by atoms with Crippen LogP contribution in [-0.4, -0.2) is 43.8 Å². The molecular weight excluding hydrogens is 597 g/mol. The molecule has 1 N–H and O–H groups in total. The van der Waals surface area contributed by atoms with Gasteiger partial charge in [0.25, 0.3) is 0 Å². The molecule has 44 heavy (non-hydrogen) atoms. The fourth-order valence-electron chi connectivity index (χ4n) is 5.36. The standard InChI is InChI=1S/C32H26ClF3N4O4/c1-32(2)16-43-15-28(32)40-27-10-17(30(41)42)4-6-26(27)38-29(40)11-19-9-24(36)21(13-23(19)35)25-7-8-37-31(39-25)44-14-18-3-5-20(33)12-22(18)34/h3-10,12-13,28H,11,14-16H2,1-2H3,(H,41,42). The van der Waals surface area contributed by atoms with E-state index in [1.807, 2.05) is 18.4 Å². The molecule has 1 unspecified atom stereocenters. The zero-order chi connectivity index (χ0) is 31.2. The molecule has 1 aliphatic heterocycles. The first-order chi connectivity index (χ1) is 21.0. The highest BCUT2D eigenvalue weighted by Crippen LogP contribution is 2.40. The average Bonchev–Trinajstić information content (AvgIpc) is 3.51. The Morgan fingerprint density at radius 3 is 2.57 bits per heavy atom. The van der Waals surface area contributed by atoms with E-state index in [9.17, 15) is 14.3 Å². The van der Waals surface area contributed by atoms with Crippen LogP contribution in [0.25, 0.3) is 22.3 Å². The van der Waals surface area contributed by atoms with Crippen LogP contribution in [-0.2, 0) is 17.8 Å². The van der Waals surface area contributed by atoms with Crippen LogP contribution in [0.3, 0.4) is 0 Å². The molecule has 1 aliphatic rings. The maximum absolute atomic E-state index is 15.6. The quantitative estimate of drug-likeness (QED) is 0.198. The summed E-state index contributed by atoms with van der Waals surface area (Å²) < 4.78 is 58.4. The van der Waals surface area contributed by atoms with Crippen molar-refractivity contribution in [1.29, 1.82) is 0 Å². The molecule has 0 radical (unpaired) electrons. The fraction of sp³-hybridized carbons (Fsp3) is 0.250. The molecule has 3 aromatic carbocycles. The summed E-state index contributed by atoms with van der Waals surface area (Å²) in [5.74, 6) is -2.60. The summed E-state index contributed by atoms with van der Waals surface area (Å²) in [5.41, 5.74) is 1.14. The minimum absolute atomic E-state index is 0.0572. The minimum atomic E-state index is -1.08. The Hall–Kier alpha value is -4.48. The third-order valence-electron chi connectivity index (χ3n) is 7.74. The second-order valence-corrected chi connectivity index (χ2v) is 11.7. The van der Waals surface area contributed by atoms with Gasteiger partial charge in [0.2, 0.25) is 0 Å². The molecule has 1 atom stereocenters. The van der Waals surface area contributed by atoms with E-state index < -0.39 is 23.4 Å². The van der Waals surface area contributed by atoms with Crippen LogP contribution in [0.2, 0.25) is 5.02 Å². The van der Waals surface area contributed by atoms with Gasteiger partial charge in [-0.15, -0.1) is 0 Å². The topological polar surface area (TPSA) is 99.4 Å². The summed E-state index contributed by atoms with van der Waals surface area (Å²) in [6.45, 7) is 4.71. The Morgan fingerprint density at radius 2 is 1.84 bits per heavy atom. The Morgan fingerprint density at radius 1 is 1.05 bits per heavy atom. The second kappa shape index (κ2) is 11.5. The lowest BCUT2D eigenvalue weighted by molar-refractivity contribution is 0.0697. The van der Waals surface area contributed by atoms with Gasteiger partial charge in [0.1, 0.15) is 29.9 Å². The number of benzene rings is 3. The number of nitrogens with zero attached hydrogens (tertiary/aromatic N) is 4. The van der Waals surface area contributed by atoms with E-state index >= 15 is 8.78 Å². The smallest absolute Gasteiger partial charge is 0.335 e. The first-order valence-electron chi connectivity index (χ1n) is 13.7. The number of ether oxygens (including phenoxy) is 2. The number of imidazole rings is 1. The monoisotopic (exact) mass is 622 g/mol. The zero-order valence-corrected chi connectivity index (χ0v) is 24.4. The summed E-state index contributed by atoms with van der Waals surface area (Å²) in [6.07, 6.45) is 1.28. The molecule has 0 spiro atoms. The fourth-order valence-corrected chi connectivity index (χ4v) is 5.52. The van der Waals surface area contributed by atoms with Gasteiger partial charge in [-0.25, -0.2) is 27.9 Å². The molecule has 6 rings (SSSR count). The number of fused-ring (bicyclic) bond motifs is 1. The highest BCUT2D eigenvalue weighted by Gasteiger charge is 2.39. The number of halogens is 4. The van der Waals surface area contributed by atoms with E-state index in [0.29, 0.717) is 30.1 Å². The van der Waals surface area contributed by atoms with Crippen molar-refractivity contribution in [3.63, 3.8) is 0 Å². The number of aromatic nitrogens is 4. The molecular formula is C32H26ClF3N4O4. The van der Waals surface area contributed by atoms with Crippen LogP contribution in [0.15, 0.2) is 60.8 Å². The van der Waals surface area contributed by atoms with Crippen LogP contribution >= 0.6 is 11.6 Å². The van der Waals surface area contributed by atoms with E-state index in [0.717, 1.165) is 18.2 Å². The number of aromatic carboxylic acids is 1. The van der Waals surface area contributed by atoms with Crippen molar-refractivity contribution >= 4 is 28.6 Å². The van der Waals surface area contributed by atoms with Gasteiger partial charge >= 0.3 is 12.0 Å². The summed E-state index contributed by atoms with van der Waals surface area (Å²) >= 11 is 5.79. The maximum atomic E-state index is 15.6. The summed E-state index contributed by atoms with van der Waals surface area (Å²) in [6, 6.07) is 12.0. The Kier molecular flexibility index (Phi) is 7.77. The SMILES string of the molecule is CC1(C)COCC1n1c(Cc2cc(F)c(-c3ccnc(OCc4ccc(Cl)cc4F)n3)cc2F)nc2ccc(C(=O)O)cc21. The van der Waals surface area contributed by atoms with Crippen molar-refractivity contribution in [2.24, 2.45) is 5.41 Å². The molecule has 5 aromatic rings. The molecule has 226 valence electrons. The number of carboxylic acids is 1. The van der Waals surface area contributed by atoms with Gasteiger partial charge in [-0.3, -0.25) is 0 Å². The normalized spacial score (nSPS) is 16.0. The largest absolute Gasteiger partial charge is 0.478 e. The van der Waals surface area contributed by atoms with Crippen molar-refractivity contribution in [1.82, 2.24) is 19.5 Å². The third-order valence-corrected chi connectivity index (χ3v) is 7.97. The van der Waals surface area contributed by atoms with Crippen molar-refractivity contribution in [2.45, 2.75) is 32.9 Å². The third kappa shape index (κ3) is 5.72.